The minimum absolute atomic E-state index is 0.176. The van der Waals surface area contributed by atoms with E-state index < -0.39 is 5.54 Å². The number of benzene rings is 3. The van der Waals surface area contributed by atoms with Gasteiger partial charge in [-0.1, -0.05) is 91.7 Å². The minimum atomic E-state index is -0.470. The van der Waals surface area contributed by atoms with Crippen LogP contribution in [0.2, 0.25) is 5.02 Å². The maximum atomic E-state index is 9.96. The fourth-order valence-electron chi connectivity index (χ4n) is 4.53. The Hall–Kier alpha value is -3.08. The van der Waals surface area contributed by atoms with Gasteiger partial charge in [0.15, 0.2) is 0 Å². The third-order valence-corrected chi connectivity index (χ3v) is 6.55. The van der Waals surface area contributed by atoms with Crippen molar-refractivity contribution in [2.75, 3.05) is 6.54 Å². The van der Waals surface area contributed by atoms with Crippen molar-refractivity contribution in [3.05, 3.63) is 119 Å². The highest BCUT2D eigenvalue weighted by Crippen LogP contribution is 2.41. The maximum Gasteiger partial charge on any atom is 0.117 e. The fraction of sp³-hybridized carbons (Fsp3) is 0.250. The zero-order valence-corrected chi connectivity index (χ0v) is 19.7. The lowest BCUT2D eigenvalue weighted by atomic mass is 9.76. The van der Waals surface area contributed by atoms with E-state index in [0.29, 0.717) is 18.1 Å². The number of hydrogen-bond acceptors (Lipinski definition) is 3. The average Bonchev–Trinajstić information content (AvgIpc) is 3.36. The zero-order valence-electron chi connectivity index (χ0n) is 18.9. The second-order valence-corrected chi connectivity index (χ2v) is 8.79. The molecule has 3 aromatic carbocycles. The van der Waals surface area contributed by atoms with Crippen LogP contribution in [0, 0.1) is 0 Å². The molecule has 1 N–H and O–H groups in total. The molecule has 4 aromatic rings. The number of aromatic nitrogens is 2. The molecule has 0 aliphatic carbocycles. The quantitative estimate of drug-likeness (QED) is 0.294. The zero-order chi connectivity index (χ0) is 23.1. The summed E-state index contributed by atoms with van der Waals surface area (Å²) in [6.45, 7) is 3.83. The van der Waals surface area contributed by atoms with Crippen LogP contribution < -0.4 is 0 Å². The lowest BCUT2D eigenvalue weighted by Gasteiger charge is -2.46. The molecule has 33 heavy (non-hydrogen) atoms. The summed E-state index contributed by atoms with van der Waals surface area (Å²) in [6, 6.07) is 26.6. The van der Waals surface area contributed by atoms with E-state index in [1.54, 1.807) is 12.1 Å². The van der Waals surface area contributed by atoms with E-state index in [1.807, 2.05) is 24.8 Å². The van der Waals surface area contributed by atoms with Crippen molar-refractivity contribution in [3.63, 3.8) is 0 Å². The van der Waals surface area contributed by atoms with Crippen molar-refractivity contribution in [1.82, 2.24) is 14.5 Å². The molecule has 170 valence electrons. The number of aromatic hydroxyl groups is 1. The Bertz CT molecular complexity index is 1090. The first-order valence-corrected chi connectivity index (χ1v) is 11.8. The van der Waals surface area contributed by atoms with Crippen LogP contribution in [0.1, 0.15) is 36.5 Å². The van der Waals surface area contributed by atoms with Gasteiger partial charge in [-0.2, -0.15) is 0 Å². The summed E-state index contributed by atoms with van der Waals surface area (Å²) in [5.41, 5.74) is 2.94. The number of rotatable bonds is 10. The summed E-state index contributed by atoms with van der Waals surface area (Å²) in [6.07, 6.45) is 8.53. The molecular formula is C28H30ClN3O. The van der Waals surface area contributed by atoms with Gasteiger partial charge in [-0.25, -0.2) is 4.98 Å². The molecule has 0 unspecified atom stereocenters. The molecule has 1 heterocycles. The Morgan fingerprint density at radius 1 is 0.970 bits per heavy atom. The predicted octanol–water partition coefficient (Wildman–Crippen LogP) is 6.49. The monoisotopic (exact) mass is 459 g/mol. The smallest absolute Gasteiger partial charge is 0.117 e. The summed E-state index contributed by atoms with van der Waals surface area (Å²) in [5.74, 6) is 0.176. The second kappa shape index (κ2) is 10.7. The molecule has 4 rings (SSSR count). The Kier molecular flexibility index (Phi) is 7.48. The van der Waals surface area contributed by atoms with Gasteiger partial charge in [0.1, 0.15) is 5.75 Å². The Morgan fingerprint density at radius 2 is 1.64 bits per heavy atom. The van der Waals surface area contributed by atoms with E-state index >= 15 is 0 Å². The van der Waals surface area contributed by atoms with Crippen molar-refractivity contribution in [1.29, 1.82) is 0 Å². The van der Waals surface area contributed by atoms with Gasteiger partial charge in [-0.3, -0.25) is 4.90 Å². The van der Waals surface area contributed by atoms with Gasteiger partial charge in [0.05, 0.1) is 18.5 Å². The Balaban J connectivity index is 1.94. The first-order valence-electron chi connectivity index (χ1n) is 11.4. The molecule has 1 aromatic heterocycles. The SMILES string of the molecule is CCCCN(Cn1ccnc1)C(Cc1ccc(O)cc1Cl)(c1ccccc1)c1ccccc1. The van der Waals surface area contributed by atoms with Gasteiger partial charge in [-0.05, 0) is 35.2 Å². The highest BCUT2D eigenvalue weighted by atomic mass is 35.5. The molecule has 4 nitrogen and oxygen atoms in total. The number of nitrogens with zero attached hydrogens (tertiary/aromatic N) is 3. The summed E-state index contributed by atoms with van der Waals surface area (Å²) in [4.78, 5) is 6.81. The topological polar surface area (TPSA) is 41.3 Å². The Morgan fingerprint density at radius 3 is 2.18 bits per heavy atom. The number of halogens is 1. The third kappa shape index (κ3) is 5.13. The van der Waals surface area contributed by atoms with Crippen LogP contribution in [0.25, 0.3) is 0 Å². The molecule has 0 atom stereocenters. The molecule has 0 aliphatic heterocycles. The van der Waals surface area contributed by atoms with Crippen molar-refractivity contribution >= 4 is 11.6 Å². The van der Waals surface area contributed by atoms with Crippen LogP contribution >= 0.6 is 11.6 Å². The maximum absolute atomic E-state index is 9.96. The van der Waals surface area contributed by atoms with Gasteiger partial charge >= 0.3 is 0 Å². The van der Waals surface area contributed by atoms with Crippen LogP contribution in [0.4, 0.5) is 0 Å². The largest absolute Gasteiger partial charge is 0.508 e. The molecule has 5 heteroatoms. The van der Waals surface area contributed by atoms with E-state index in [2.05, 4.69) is 82.0 Å². The number of unbranched alkanes of at least 4 members (excludes halogenated alkanes) is 1. The van der Waals surface area contributed by atoms with Crippen LogP contribution in [0.3, 0.4) is 0 Å². The van der Waals surface area contributed by atoms with Gasteiger partial charge < -0.3 is 9.67 Å². The summed E-state index contributed by atoms with van der Waals surface area (Å²) >= 11 is 6.67. The summed E-state index contributed by atoms with van der Waals surface area (Å²) in [5, 5.41) is 10.5. The first kappa shape index (κ1) is 23.1. The third-order valence-electron chi connectivity index (χ3n) is 6.20. The lowest BCUT2D eigenvalue weighted by Crippen LogP contribution is -2.50. The van der Waals surface area contributed by atoms with Crippen molar-refractivity contribution in [2.45, 2.75) is 38.4 Å². The van der Waals surface area contributed by atoms with E-state index in [0.717, 1.165) is 24.9 Å². The molecule has 0 aliphatic rings. The van der Waals surface area contributed by atoms with E-state index in [4.69, 9.17) is 11.6 Å². The highest BCUT2D eigenvalue weighted by molar-refractivity contribution is 6.31. The Labute approximate surface area is 201 Å². The van der Waals surface area contributed by atoms with Gasteiger partial charge in [0.2, 0.25) is 0 Å². The van der Waals surface area contributed by atoms with E-state index in [-0.39, 0.29) is 5.75 Å². The summed E-state index contributed by atoms with van der Waals surface area (Å²) in [7, 11) is 0. The normalized spacial score (nSPS) is 11.7. The first-order chi connectivity index (χ1) is 16.1. The van der Waals surface area contributed by atoms with Gasteiger partial charge in [0, 0.05) is 30.4 Å². The molecule has 0 amide bonds. The van der Waals surface area contributed by atoms with Crippen LogP contribution in [0.15, 0.2) is 97.6 Å². The van der Waals surface area contributed by atoms with Crippen molar-refractivity contribution in [3.8, 4) is 5.75 Å². The minimum Gasteiger partial charge on any atom is -0.508 e. The fourth-order valence-corrected chi connectivity index (χ4v) is 4.77. The number of phenols is 1. The second-order valence-electron chi connectivity index (χ2n) is 8.38. The van der Waals surface area contributed by atoms with E-state index in [9.17, 15) is 5.11 Å². The number of hydrogen-bond donors (Lipinski definition) is 1. The standard InChI is InChI=1S/C28H30ClN3O/c1-2-3-17-32(22-31-18-16-30-21-31)28(24-10-6-4-7-11-24,25-12-8-5-9-13-25)20-23-14-15-26(33)19-27(23)29/h4-16,18-19,21,33H,2-3,17,20,22H2,1H3. The molecule has 0 spiro atoms. The molecule has 0 fully saturated rings. The predicted molar refractivity (Wildman–Crippen MR) is 134 cm³/mol. The molecule has 0 saturated heterocycles. The van der Waals surface area contributed by atoms with Gasteiger partial charge in [0.25, 0.3) is 0 Å². The van der Waals surface area contributed by atoms with E-state index in [1.165, 1.54) is 11.1 Å². The average molecular weight is 460 g/mol. The highest BCUT2D eigenvalue weighted by Gasteiger charge is 2.40. The molecular weight excluding hydrogens is 430 g/mol. The molecule has 0 saturated carbocycles. The molecule has 0 radical (unpaired) electrons. The van der Waals surface area contributed by atoms with Crippen LogP contribution in [-0.2, 0) is 18.6 Å². The van der Waals surface area contributed by atoms with Crippen molar-refractivity contribution in [2.24, 2.45) is 0 Å². The number of imidazole rings is 1. The van der Waals surface area contributed by atoms with Crippen LogP contribution in [0.5, 0.6) is 5.75 Å². The lowest BCUT2D eigenvalue weighted by molar-refractivity contribution is 0.0814. The molecule has 0 bridgehead atoms. The van der Waals surface area contributed by atoms with Crippen LogP contribution in [-0.4, -0.2) is 26.1 Å². The van der Waals surface area contributed by atoms with Crippen molar-refractivity contribution < 1.29 is 5.11 Å². The summed E-state index contributed by atoms with van der Waals surface area (Å²) < 4.78 is 2.12. The van der Waals surface area contributed by atoms with Gasteiger partial charge in [-0.15, -0.1) is 0 Å². The number of phenolic OH excluding ortho intramolecular Hbond substituents is 1.